The summed E-state index contributed by atoms with van der Waals surface area (Å²) in [5.41, 5.74) is -1.69. The maximum Gasteiger partial charge on any atom is 0.334 e. The van der Waals surface area contributed by atoms with Gasteiger partial charge in [0.25, 0.3) is 0 Å². The van der Waals surface area contributed by atoms with E-state index in [4.69, 9.17) is 14.2 Å². The molecular formula is C26H40O10. The molecule has 10 atom stereocenters. The van der Waals surface area contributed by atoms with Crippen LogP contribution in [0.15, 0.2) is 11.6 Å². The number of fused-ring (bicyclic) bond motifs is 1. The molecule has 0 aromatic rings. The molecule has 0 bridgehead atoms. The smallest absolute Gasteiger partial charge is 0.334 e. The van der Waals surface area contributed by atoms with Gasteiger partial charge in [-0.1, -0.05) is 13.3 Å². The van der Waals surface area contributed by atoms with Gasteiger partial charge < -0.3 is 39.7 Å². The number of hydrogen-bond donors (Lipinski definition) is 5. The minimum Gasteiger partial charge on any atom is -0.458 e. The van der Waals surface area contributed by atoms with Crippen molar-refractivity contribution in [2.24, 2.45) is 22.7 Å². The number of rotatable bonds is 6. The monoisotopic (exact) mass is 512 g/mol. The van der Waals surface area contributed by atoms with E-state index < -0.39 is 59.7 Å². The summed E-state index contributed by atoms with van der Waals surface area (Å²) in [4.78, 5) is 25.6. The number of esters is 2. The van der Waals surface area contributed by atoms with Gasteiger partial charge in [-0.15, -0.1) is 0 Å². The van der Waals surface area contributed by atoms with E-state index in [1.165, 1.54) is 0 Å². The van der Waals surface area contributed by atoms with E-state index in [-0.39, 0.29) is 24.4 Å². The summed E-state index contributed by atoms with van der Waals surface area (Å²) in [5, 5.41) is 51.4. The first-order valence-electron chi connectivity index (χ1n) is 13.0. The standard InChI is InChI=1S/C26H40O10/c1-24-9-4-10-25(2,23(32)36-22-20(30)19(29)18(28)15(13-27)35-22)16(24)7-11-26(3,33)17(24)6-5-14-8-12-34-21(14)31/h8,15-20,22,27-30,33H,4-7,9-13H2,1-3H3/t15-,16-,17-,18-,19+,20-,22+,24+,25+,26+/m1/s1. The molecule has 36 heavy (non-hydrogen) atoms. The van der Waals surface area contributed by atoms with Crippen LogP contribution < -0.4 is 0 Å². The first-order valence-corrected chi connectivity index (χ1v) is 13.0. The second kappa shape index (κ2) is 9.96. The number of ether oxygens (including phenoxy) is 3. The molecule has 5 N–H and O–H groups in total. The molecule has 0 radical (unpaired) electrons. The number of aliphatic hydroxyl groups is 5. The van der Waals surface area contributed by atoms with Crippen molar-refractivity contribution >= 4 is 11.9 Å². The highest BCUT2D eigenvalue weighted by molar-refractivity contribution is 5.90. The fraction of sp³-hybridized carbons (Fsp3) is 0.846. The lowest BCUT2D eigenvalue weighted by atomic mass is 9.44. The van der Waals surface area contributed by atoms with Crippen LogP contribution in [0.5, 0.6) is 0 Å². The zero-order valence-corrected chi connectivity index (χ0v) is 21.3. The predicted molar refractivity (Wildman–Crippen MR) is 125 cm³/mol. The molecule has 0 spiro atoms. The number of carbonyl (C=O) groups excluding carboxylic acids is 2. The average Bonchev–Trinajstić information content (AvgIpc) is 3.22. The van der Waals surface area contributed by atoms with Gasteiger partial charge in [-0.3, -0.25) is 4.79 Å². The molecule has 204 valence electrons. The van der Waals surface area contributed by atoms with Crippen molar-refractivity contribution in [3.63, 3.8) is 0 Å². The fourth-order valence-electron chi connectivity index (χ4n) is 7.49. The maximum absolute atomic E-state index is 13.6. The van der Waals surface area contributed by atoms with Gasteiger partial charge in [0.1, 0.15) is 31.0 Å². The van der Waals surface area contributed by atoms with Crippen LogP contribution in [0.3, 0.4) is 0 Å². The van der Waals surface area contributed by atoms with E-state index in [1.807, 2.05) is 13.8 Å². The largest absolute Gasteiger partial charge is 0.458 e. The number of carbonyl (C=O) groups is 2. The van der Waals surface area contributed by atoms with Crippen molar-refractivity contribution < 1.29 is 49.3 Å². The van der Waals surface area contributed by atoms with Gasteiger partial charge >= 0.3 is 11.9 Å². The first kappa shape index (κ1) is 27.5. The summed E-state index contributed by atoms with van der Waals surface area (Å²) in [6.45, 7) is 5.44. The Hall–Kier alpha value is -1.56. The van der Waals surface area contributed by atoms with Crippen molar-refractivity contribution in [1.29, 1.82) is 0 Å². The summed E-state index contributed by atoms with van der Waals surface area (Å²) in [7, 11) is 0. The van der Waals surface area contributed by atoms with Crippen molar-refractivity contribution in [3.05, 3.63) is 11.6 Å². The van der Waals surface area contributed by atoms with Crippen LogP contribution in [0.25, 0.3) is 0 Å². The van der Waals surface area contributed by atoms with Gasteiger partial charge in [0.15, 0.2) is 0 Å². The summed E-state index contributed by atoms with van der Waals surface area (Å²) in [6, 6.07) is 0. The number of aliphatic hydroxyl groups excluding tert-OH is 4. The predicted octanol–water partition coefficient (Wildman–Crippen LogP) is 0.567. The van der Waals surface area contributed by atoms with Crippen LogP contribution in [0, 0.1) is 22.7 Å². The SMILES string of the molecule is C[C@]12CCC[C@](C)(C(=O)O[C@@H]3O[C@H](CO)[C@@H](O)[C@H](O)[C@H]3O)[C@@H]1CC[C@](C)(O)[C@@H]2CCC1=CCOC1=O. The molecule has 3 fully saturated rings. The number of cyclic esters (lactones) is 1. The summed E-state index contributed by atoms with van der Waals surface area (Å²) in [5.74, 6) is -1.20. The fourth-order valence-corrected chi connectivity index (χ4v) is 7.49. The van der Waals surface area contributed by atoms with Crippen LogP contribution in [0.1, 0.15) is 65.7 Å². The zero-order chi connectivity index (χ0) is 26.5. The Morgan fingerprint density at radius 2 is 1.83 bits per heavy atom. The molecule has 2 saturated carbocycles. The molecule has 2 aliphatic heterocycles. The molecule has 1 saturated heterocycles. The summed E-state index contributed by atoms with van der Waals surface area (Å²) >= 11 is 0. The average molecular weight is 513 g/mol. The molecule has 2 heterocycles. The lowest BCUT2D eigenvalue weighted by Crippen LogP contribution is -2.62. The molecule has 0 unspecified atom stereocenters. The Labute approximate surface area is 211 Å². The molecule has 4 rings (SSSR count). The van der Waals surface area contributed by atoms with E-state index in [2.05, 4.69) is 6.92 Å². The highest BCUT2D eigenvalue weighted by Crippen LogP contribution is 2.63. The minimum atomic E-state index is -1.66. The van der Waals surface area contributed by atoms with Gasteiger partial charge in [-0.05, 0) is 75.7 Å². The van der Waals surface area contributed by atoms with E-state index >= 15 is 0 Å². The van der Waals surface area contributed by atoms with Gasteiger partial charge in [0, 0.05) is 5.57 Å². The van der Waals surface area contributed by atoms with Gasteiger partial charge in [0.2, 0.25) is 6.29 Å². The van der Waals surface area contributed by atoms with E-state index in [1.54, 1.807) is 6.08 Å². The molecule has 2 aliphatic carbocycles. The van der Waals surface area contributed by atoms with Crippen molar-refractivity contribution in [2.75, 3.05) is 13.2 Å². The van der Waals surface area contributed by atoms with Gasteiger partial charge in [-0.25, -0.2) is 4.79 Å². The third-order valence-corrected chi connectivity index (χ3v) is 9.51. The Balaban J connectivity index is 1.55. The van der Waals surface area contributed by atoms with Crippen LogP contribution >= 0.6 is 0 Å². The van der Waals surface area contributed by atoms with E-state index in [9.17, 15) is 35.1 Å². The normalized spacial score (nSPS) is 47.1. The Kier molecular flexibility index (Phi) is 7.60. The first-order chi connectivity index (χ1) is 16.8. The number of hydrogen-bond acceptors (Lipinski definition) is 10. The Bertz CT molecular complexity index is 884. The van der Waals surface area contributed by atoms with Crippen LogP contribution in [0.2, 0.25) is 0 Å². The van der Waals surface area contributed by atoms with Crippen molar-refractivity contribution in [1.82, 2.24) is 0 Å². The van der Waals surface area contributed by atoms with E-state index in [0.717, 1.165) is 12.8 Å². The van der Waals surface area contributed by atoms with Crippen molar-refractivity contribution in [3.8, 4) is 0 Å². The maximum atomic E-state index is 13.6. The second-order valence-electron chi connectivity index (χ2n) is 11.7. The van der Waals surface area contributed by atoms with Crippen LogP contribution in [-0.2, 0) is 23.8 Å². The van der Waals surface area contributed by atoms with Gasteiger partial charge in [0.05, 0.1) is 17.6 Å². The molecule has 4 aliphatic rings. The zero-order valence-electron chi connectivity index (χ0n) is 21.3. The minimum absolute atomic E-state index is 0.133. The second-order valence-corrected chi connectivity index (χ2v) is 11.7. The van der Waals surface area contributed by atoms with Crippen LogP contribution in [-0.4, -0.2) is 87.0 Å². The lowest BCUT2D eigenvalue weighted by Gasteiger charge is -2.61. The van der Waals surface area contributed by atoms with Gasteiger partial charge in [-0.2, -0.15) is 0 Å². The van der Waals surface area contributed by atoms with Crippen molar-refractivity contribution in [2.45, 2.75) is 102 Å². The van der Waals surface area contributed by atoms with E-state index in [0.29, 0.717) is 37.7 Å². The highest BCUT2D eigenvalue weighted by atomic mass is 16.7. The molecule has 0 aromatic heterocycles. The Morgan fingerprint density at radius 3 is 2.47 bits per heavy atom. The summed E-state index contributed by atoms with van der Waals surface area (Å²) in [6.07, 6.45) is -1.50. The topological polar surface area (TPSA) is 163 Å². The quantitative estimate of drug-likeness (QED) is 0.318. The Morgan fingerprint density at radius 1 is 1.11 bits per heavy atom. The lowest BCUT2D eigenvalue weighted by molar-refractivity contribution is -0.298. The third-order valence-electron chi connectivity index (χ3n) is 9.51. The third kappa shape index (κ3) is 4.61. The molecular weight excluding hydrogens is 472 g/mol. The summed E-state index contributed by atoms with van der Waals surface area (Å²) < 4.78 is 16.0. The molecule has 10 heteroatoms. The molecule has 10 nitrogen and oxygen atoms in total. The molecule has 0 aromatic carbocycles. The highest BCUT2D eigenvalue weighted by Gasteiger charge is 2.62. The van der Waals surface area contributed by atoms with Crippen LogP contribution in [0.4, 0.5) is 0 Å². The molecule has 0 amide bonds.